The summed E-state index contributed by atoms with van der Waals surface area (Å²) in [5.74, 6) is -0.524. The molecule has 31 heavy (non-hydrogen) atoms. The highest BCUT2D eigenvalue weighted by atomic mass is 35.5. The maximum Gasteiger partial charge on any atom is 0.262 e. The van der Waals surface area contributed by atoms with E-state index in [1.165, 1.54) is 11.3 Å². The average Bonchev–Trinajstić information content (AvgIpc) is 3.27. The number of carbonyl (C=O) groups is 3. The first-order valence-corrected chi connectivity index (χ1v) is 11.4. The third-order valence-electron chi connectivity index (χ3n) is 4.65. The third-order valence-corrected chi connectivity index (χ3v) is 5.81. The van der Waals surface area contributed by atoms with Gasteiger partial charge in [-0.2, -0.15) is 0 Å². The minimum Gasteiger partial charge on any atom is -0.482 e. The monoisotopic (exact) mass is 465 g/mol. The molecular formula is C22H28ClN3O4S. The Morgan fingerprint density at radius 1 is 1.16 bits per heavy atom. The van der Waals surface area contributed by atoms with Crippen LogP contribution in [0.1, 0.15) is 37.4 Å². The molecule has 0 aliphatic carbocycles. The van der Waals surface area contributed by atoms with Gasteiger partial charge in [0.1, 0.15) is 11.8 Å². The van der Waals surface area contributed by atoms with Gasteiger partial charge in [0.2, 0.25) is 5.91 Å². The zero-order chi connectivity index (χ0) is 23.0. The van der Waals surface area contributed by atoms with E-state index in [2.05, 4.69) is 10.6 Å². The van der Waals surface area contributed by atoms with Gasteiger partial charge in [-0.1, -0.05) is 31.5 Å². The number of benzene rings is 1. The fraction of sp³-hybridized carbons (Fsp3) is 0.409. The van der Waals surface area contributed by atoms with Crippen LogP contribution in [0, 0.1) is 5.92 Å². The molecule has 0 aliphatic heterocycles. The van der Waals surface area contributed by atoms with Crippen molar-refractivity contribution in [2.75, 3.05) is 25.0 Å². The van der Waals surface area contributed by atoms with Crippen LogP contribution in [0.15, 0.2) is 35.7 Å². The Hall–Kier alpha value is -2.58. The molecule has 168 valence electrons. The lowest BCUT2D eigenvalue weighted by Gasteiger charge is -2.22. The summed E-state index contributed by atoms with van der Waals surface area (Å²) in [5, 5.41) is 7.64. The standard InChI is InChI=1S/C22H28ClN3O4S/c1-5-26(6-2)19(27)13-30-17-10-9-15(12-16(17)23)24-22(29)20(14(3)4)25-21(28)18-8-7-11-31-18/h7-12,14,20H,5-6,13H2,1-4H3,(H,24,29)(H,25,28). The lowest BCUT2D eigenvalue weighted by Crippen LogP contribution is -2.46. The molecule has 1 atom stereocenters. The molecule has 2 N–H and O–H groups in total. The number of carbonyl (C=O) groups excluding carboxylic acids is 3. The maximum absolute atomic E-state index is 12.8. The second-order valence-corrected chi connectivity index (χ2v) is 8.52. The summed E-state index contributed by atoms with van der Waals surface area (Å²) in [6.45, 7) is 8.62. The van der Waals surface area contributed by atoms with E-state index in [-0.39, 0.29) is 35.3 Å². The molecule has 1 unspecified atom stereocenters. The highest BCUT2D eigenvalue weighted by molar-refractivity contribution is 7.12. The molecule has 7 nitrogen and oxygen atoms in total. The molecule has 1 aromatic heterocycles. The molecule has 9 heteroatoms. The molecule has 0 spiro atoms. The van der Waals surface area contributed by atoms with Crippen LogP contribution in [0.2, 0.25) is 5.02 Å². The number of nitrogens with one attached hydrogen (secondary N) is 2. The first kappa shape index (κ1) is 24.7. The second-order valence-electron chi connectivity index (χ2n) is 7.16. The van der Waals surface area contributed by atoms with Crippen molar-refractivity contribution in [3.05, 3.63) is 45.6 Å². The van der Waals surface area contributed by atoms with Gasteiger partial charge in [0.25, 0.3) is 11.8 Å². The minimum absolute atomic E-state index is 0.114. The van der Waals surface area contributed by atoms with Crippen LogP contribution >= 0.6 is 22.9 Å². The second kappa shape index (κ2) is 11.7. The molecule has 0 saturated carbocycles. The van der Waals surface area contributed by atoms with E-state index in [0.29, 0.717) is 29.4 Å². The van der Waals surface area contributed by atoms with Crippen molar-refractivity contribution in [1.82, 2.24) is 10.2 Å². The van der Waals surface area contributed by atoms with Gasteiger partial charge in [-0.25, -0.2) is 0 Å². The number of thiophene rings is 1. The van der Waals surface area contributed by atoms with E-state index in [9.17, 15) is 14.4 Å². The van der Waals surface area contributed by atoms with Crippen LogP contribution in [-0.2, 0) is 9.59 Å². The van der Waals surface area contributed by atoms with Gasteiger partial charge < -0.3 is 20.3 Å². The summed E-state index contributed by atoms with van der Waals surface area (Å²) >= 11 is 7.58. The van der Waals surface area contributed by atoms with Crippen LogP contribution in [-0.4, -0.2) is 48.4 Å². The zero-order valence-electron chi connectivity index (χ0n) is 18.1. The van der Waals surface area contributed by atoms with Crippen molar-refractivity contribution in [3.8, 4) is 5.75 Å². The van der Waals surface area contributed by atoms with Crippen molar-refractivity contribution < 1.29 is 19.1 Å². The van der Waals surface area contributed by atoms with Crippen LogP contribution in [0.25, 0.3) is 0 Å². The van der Waals surface area contributed by atoms with Gasteiger partial charge in [-0.15, -0.1) is 11.3 Å². The first-order chi connectivity index (χ1) is 14.8. The van der Waals surface area contributed by atoms with Crippen molar-refractivity contribution in [2.45, 2.75) is 33.7 Å². The predicted molar refractivity (Wildman–Crippen MR) is 124 cm³/mol. The number of halogens is 1. The van der Waals surface area contributed by atoms with Gasteiger partial charge >= 0.3 is 0 Å². The Balaban J connectivity index is 2.01. The molecule has 1 aromatic carbocycles. The molecule has 0 saturated heterocycles. The largest absolute Gasteiger partial charge is 0.482 e. The van der Waals surface area contributed by atoms with Crippen LogP contribution in [0.3, 0.4) is 0 Å². The Morgan fingerprint density at radius 2 is 1.87 bits per heavy atom. The summed E-state index contributed by atoms with van der Waals surface area (Å²) in [6.07, 6.45) is 0. The van der Waals surface area contributed by atoms with Crippen molar-refractivity contribution in [2.24, 2.45) is 5.92 Å². The van der Waals surface area contributed by atoms with E-state index in [0.717, 1.165) is 0 Å². The third kappa shape index (κ3) is 6.97. The quantitative estimate of drug-likeness (QED) is 0.554. The summed E-state index contributed by atoms with van der Waals surface area (Å²) in [4.78, 5) is 39.4. The SMILES string of the molecule is CCN(CC)C(=O)COc1ccc(NC(=O)C(NC(=O)c2cccs2)C(C)C)cc1Cl. The molecule has 2 aromatic rings. The van der Waals surface area contributed by atoms with Crippen molar-refractivity contribution in [3.63, 3.8) is 0 Å². The fourth-order valence-electron chi connectivity index (χ4n) is 2.88. The molecular weight excluding hydrogens is 438 g/mol. The Labute approximate surface area is 191 Å². The number of amides is 3. The van der Waals surface area contributed by atoms with E-state index in [1.807, 2.05) is 27.7 Å². The van der Waals surface area contributed by atoms with E-state index in [1.54, 1.807) is 40.6 Å². The lowest BCUT2D eigenvalue weighted by atomic mass is 10.0. The van der Waals surface area contributed by atoms with Gasteiger partial charge in [0.05, 0.1) is 9.90 Å². The average molecular weight is 466 g/mol. The number of nitrogens with zero attached hydrogens (tertiary/aromatic N) is 1. The van der Waals surface area contributed by atoms with E-state index in [4.69, 9.17) is 16.3 Å². The highest BCUT2D eigenvalue weighted by Gasteiger charge is 2.25. The number of likely N-dealkylation sites (N-methyl/N-ethyl adjacent to an activating group) is 1. The fourth-order valence-corrected chi connectivity index (χ4v) is 3.74. The predicted octanol–water partition coefficient (Wildman–Crippen LogP) is 4.04. The van der Waals surface area contributed by atoms with Crippen LogP contribution < -0.4 is 15.4 Å². The summed E-state index contributed by atoms with van der Waals surface area (Å²) in [7, 11) is 0. The molecule has 0 fully saturated rings. The molecule has 0 aliphatic rings. The molecule has 2 rings (SSSR count). The molecule has 0 radical (unpaired) electrons. The smallest absolute Gasteiger partial charge is 0.262 e. The first-order valence-electron chi connectivity index (χ1n) is 10.1. The normalized spacial score (nSPS) is 11.7. The number of anilines is 1. The summed E-state index contributed by atoms with van der Waals surface area (Å²) in [5.41, 5.74) is 0.466. The Bertz CT molecular complexity index is 898. The minimum atomic E-state index is -0.712. The maximum atomic E-state index is 12.8. The zero-order valence-corrected chi connectivity index (χ0v) is 19.7. The number of rotatable bonds is 10. The Kier molecular flexibility index (Phi) is 9.33. The van der Waals surface area contributed by atoms with Gasteiger partial charge in [0.15, 0.2) is 6.61 Å². The van der Waals surface area contributed by atoms with Gasteiger partial charge in [0, 0.05) is 18.8 Å². The van der Waals surface area contributed by atoms with Crippen molar-refractivity contribution >= 4 is 46.3 Å². The lowest BCUT2D eigenvalue weighted by molar-refractivity contribution is -0.133. The summed E-state index contributed by atoms with van der Waals surface area (Å²) in [6, 6.07) is 7.57. The topological polar surface area (TPSA) is 87.7 Å². The van der Waals surface area contributed by atoms with E-state index < -0.39 is 6.04 Å². The van der Waals surface area contributed by atoms with Crippen LogP contribution in [0.5, 0.6) is 5.75 Å². The molecule has 0 bridgehead atoms. The number of hydrogen-bond acceptors (Lipinski definition) is 5. The molecule has 1 heterocycles. The molecule has 3 amide bonds. The number of hydrogen-bond donors (Lipinski definition) is 2. The van der Waals surface area contributed by atoms with Gasteiger partial charge in [-0.05, 0) is 49.4 Å². The number of ether oxygens (including phenoxy) is 1. The van der Waals surface area contributed by atoms with Crippen molar-refractivity contribution in [1.29, 1.82) is 0 Å². The Morgan fingerprint density at radius 3 is 2.42 bits per heavy atom. The summed E-state index contributed by atoms with van der Waals surface area (Å²) < 4.78 is 5.53. The van der Waals surface area contributed by atoms with Gasteiger partial charge in [-0.3, -0.25) is 14.4 Å². The highest BCUT2D eigenvalue weighted by Crippen LogP contribution is 2.28. The van der Waals surface area contributed by atoms with E-state index >= 15 is 0 Å². The van der Waals surface area contributed by atoms with Crippen LogP contribution in [0.4, 0.5) is 5.69 Å².